The Kier molecular flexibility index (Phi) is 4.17. The number of hydrogen-bond donors (Lipinski definition) is 0. The van der Waals surface area contributed by atoms with Gasteiger partial charge in [-0.25, -0.2) is 4.98 Å². The fourth-order valence-corrected chi connectivity index (χ4v) is 3.93. The van der Waals surface area contributed by atoms with Gasteiger partial charge in [-0.05, 0) is 55.7 Å². The second-order valence-electron chi connectivity index (χ2n) is 7.59. The van der Waals surface area contributed by atoms with Crippen LogP contribution in [0.25, 0.3) is 16.7 Å². The number of carbonyl (C=O) groups excluding carboxylic acids is 1. The summed E-state index contributed by atoms with van der Waals surface area (Å²) in [7, 11) is 0. The fourth-order valence-electron chi connectivity index (χ4n) is 3.93. The molecule has 4 heterocycles. The Morgan fingerprint density at radius 3 is 2.33 bits per heavy atom. The van der Waals surface area contributed by atoms with E-state index in [9.17, 15) is 4.79 Å². The number of imidazole rings is 1. The fraction of sp³-hybridized carbons (Fsp3) is 0.364. The molecule has 0 radical (unpaired) electrons. The van der Waals surface area contributed by atoms with Crippen molar-refractivity contribution in [3.05, 3.63) is 60.4 Å². The molecule has 27 heavy (non-hydrogen) atoms. The molecule has 0 N–H and O–H groups in total. The highest BCUT2D eigenvalue weighted by molar-refractivity contribution is 5.94. The van der Waals surface area contributed by atoms with E-state index in [1.165, 1.54) is 19.5 Å². The van der Waals surface area contributed by atoms with Gasteiger partial charge in [-0.3, -0.25) is 14.3 Å². The summed E-state index contributed by atoms with van der Waals surface area (Å²) in [5.41, 5.74) is 3.82. The van der Waals surface area contributed by atoms with E-state index in [0.717, 1.165) is 54.3 Å². The predicted octanol–water partition coefficient (Wildman–Crippen LogP) is 3.34. The number of amides is 1. The number of aromatic nitrogens is 2. The Labute approximate surface area is 159 Å². The Balaban J connectivity index is 0.000000272. The van der Waals surface area contributed by atoms with Gasteiger partial charge in [-0.2, -0.15) is 0 Å². The normalized spacial score (nSPS) is 22.6. The minimum Gasteiger partial charge on any atom is -0.339 e. The van der Waals surface area contributed by atoms with Crippen LogP contribution >= 0.6 is 0 Å². The van der Waals surface area contributed by atoms with Crippen LogP contribution in [0.4, 0.5) is 0 Å². The van der Waals surface area contributed by atoms with Crippen molar-refractivity contribution in [3.63, 3.8) is 0 Å². The number of nitrogens with zero attached hydrogens (tertiary/aromatic N) is 4. The number of rotatable bonds is 2. The van der Waals surface area contributed by atoms with Gasteiger partial charge < -0.3 is 4.90 Å². The molecule has 0 aliphatic carbocycles. The van der Waals surface area contributed by atoms with Crippen molar-refractivity contribution in [3.8, 4) is 5.69 Å². The summed E-state index contributed by atoms with van der Waals surface area (Å²) in [4.78, 5) is 21.2. The number of carbonyl (C=O) groups is 1. The number of para-hydroxylation sites is 2. The largest absolute Gasteiger partial charge is 0.339 e. The van der Waals surface area contributed by atoms with E-state index in [4.69, 9.17) is 0 Å². The van der Waals surface area contributed by atoms with Crippen molar-refractivity contribution in [1.82, 2.24) is 19.4 Å². The van der Waals surface area contributed by atoms with E-state index < -0.39 is 0 Å². The van der Waals surface area contributed by atoms with Crippen molar-refractivity contribution < 1.29 is 4.79 Å². The average Bonchev–Trinajstić information content (AvgIpc) is 3.14. The van der Waals surface area contributed by atoms with Crippen LogP contribution in [0.1, 0.15) is 29.6 Å². The Morgan fingerprint density at radius 1 is 0.963 bits per heavy atom. The van der Waals surface area contributed by atoms with Crippen molar-refractivity contribution in [2.45, 2.75) is 25.3 Å². The van der Waals surface area contributed by atoms with Crippen molar-refractivity contribution in [1.29, 1.82) is 0 Å². The molecule has 5 heteroatoms. The van der Waals surface area contributed by atoms with Crippen LogP contribution in [0.15, 0.2) is 54.9 Å². The standard InChI is InChI=1S/C18H17N3O.C4H7N/c22-18(20-11-3-4-12-20)14-7-9-15(10-8-14)21-13-19-16-5-1-2-6-17(16)21;1-2-5-3-4(1)5/h1-2,5-10,13H,3-4,11-12H2;4H,1-3H2. The molecule has 6 rings (SSSR count). The van der Waals surface area contributed by atoms with Gasteiger partial charge in [0.25, 0.3) is 5.91 Å². The SMILES string of the molecule is C1CN2CC12.O=C(c1ccc(-n2cnc3ccccc32)cc1)N1CCCC1. The number of hydrogen-bond acceptors (Lipinski definition) is 3. The maximum atomic E-state index is 12.4. The maximum Gasteiger partial charge on any atom is 0.253 e. The topological polar surface area (TPSA) is 41.1 Å². The van der Waals surface area contributed by atoms with Gasteiger partial charge in [0.05, 0.1) is 11.0 Å². The molecule has 138 valence electrons. The highest BCUT2D eigenvalue weighted by Crippen LogP contribution is 2.30. The first-order valence-electron chi connectivity index (χ1n) is 9.85. The third-order valence-corrected chi connectivity index (χ3v) is 5.82. The van der Waals surface area contributed by atoms with E-state index in [1.54, 1.807) is 0 Å². The minimum atomic E-state index is 0.138. The highest BCUT2D eigenvalue weighted by Gasteiger charge is 2.41. The third kappa shape index (κ3) is 3.23. The molecule has 3 aliphatic rings. The molecule has 0 saturated carbocycles. The first-order chi connectivity index (χ1) is 13.3. The van der Waals surface area contributed by atoms with Crippen LogP contribution in [-0.4, -0.2) is 57.5 Å². The molecule has 3 aliphatic heterocycles. The summed E-state index contributed by atoms with van der Waals surface area (Å²) < 4.78 is 2.04. The Bertz CT molecular complexity index is 944. The second-order valence-corrected chi connectivity index (χ2v) is 7.59. The molecule has 3 saturated heterocycles. The number of benzene rings is 2. The summed E-state index contributed by atoms with van der Waals surface area (Å²) >= 11 is 0. The van der Waals surface area contributed by atoms with Gasteiger partial charge in [0.2, 0.25) is 0 Å². The Morgan fingerprint density at radius 2 is 1.70 bits per heavy atom. The first kappa shape index (κ1) is 16.5. The van der Waals surface area contributed by atoms with E-state index >= 15 is 0 Å². The van der Waals surface area contributed by atoms with Crippen LogP contribution in [0.5, 0.6) is 0 Å². The van der Waals surface area contributed by atoms with Crippen molar-refractivity contribution in [2.24, 2.45) is 0 Å². The molecule has 1 amide bonds. The third-order valence-electron chi connectivity index (χ3n) is 5.82. The molecule has 3 fully saturated rings. The molecule has 0 bridgehead atoms. The summed E-state index contributed by atoms with van der Waals surface area (Å²) in [5, 5.41) is 0. The van der Waals surface area contributed by atoms with Crippen LogP contribution in [-0.2, 0) is 0 Å². The molecule has 5 nitrogen and oxygen atoms in total. The summed E-state index contributed by atoms with van der Waals surface area (Å²) in [6.07, 6.45) is 5.54. The molecule has 2 aromatic carbocycles. The summed E-state index contributed by atoms with van der Waals surface area (Å²) in [6, 6.07) is 16.9. The van der Waals surface area contributed by atoms with Gasteiger partial charge in [-0.15, -0.1) is 0 Å². The zero-order chi connectivity index (χ0) is 18.2. The minimum absolute atomic E-state index is 0.138. The van der Waals surface area contributed by atoms with Crippen molar-refractivity contribution in [2.75, 3.05) is 26.2 Å². The zero-order valence-electron chi connectivity index (χ0n) is 15.4. The Hall–Kier alpha value is -2.66. The van der Waals surface area contributed by atoms with Gasteiger partial charge in [0.1, 0.15) is 6.33 Å². The van der Waals surface area contributed by atoms with Gasteiger partial charge in [-0.1, -0.05) is 12.1 Å². The smallest absolute Gasteiger partial charge is 0.253 e. The quantitative estimate of drug-likeness (QED) is 0.658. The number of likely N-dealkylation sites (tertiary alicyclic amines) is 1. The lowest BCUT2D eigenvalue weighted by atomic mass is 10.2. The molecule has 0 spiro atoms. The molecule has 1 aromatic heterocycles. The average molecular weight is 360 g/mol. The number of fused-ring (bicyclic) bond motifs is 2. The van der Waals surface area contributed by atoms with Crippen LogP contribution in [0.2, 0.25) is 0 Å². The lowest BCUT2D eigenvalue weighted by Crippen LogP contribution is -2.27. The highest BCUT2D eigenvalue weighted by atomic mass is 16.2. The van der Waals surface area contributed by atoms with Crippen molar-refractivity contribution >= 4 is 16.9 Å². The molecular formula is C22H24N4O. The molecular weight excluding hydrogens is 336 g/mol. The molecule has 2 unspecified atom stereocenters. The lowest BCUT2D eigenvalue weighted by Gasteiger charge is -2.15. The van der Waals surface area contributed by atoms with E-state index in [2.05, 4.69) is 9.88 Å². The molecule has 3 aromatic rings. The molecule has 2 atom stereocenters. The predicted molar refractivity (Wildman–Crippen MR) is 106 cm³/mol. The summed E-state index contributed by atoms with van der Waals surface area (Å²) in [6.45, 7) is 4.57. The zero-order valence-corrected chi connectivity index (χ0v) is 15.4. The van der Waals surface area contributed by atoms with Gasteiger partial charge in [0.15, 0.2) is 0 Å². The van der Waals surface area contributed by atoms with E-state index in [1.807, 2.05) is 64.3 Å². The first-order valence-corrected chi connectivity index (χ1v) is 9.85. The van der Waals surface area contributed by atoms with Crippen LogP contribution in [0, 0.1) is 0 Å². The van der Waals surface area contributed by atoms with Gasteiger partial charge in [0, 0.05) is 43.5 Å². The van der Waals surface area contributed by atoms with Gasteiger partial charge >= 0.3 is 0 Å². The van der Waals surface area contributed by atoms with E-state index in [-0.39, 0.29) is 5.91 Å². The monoisotopic (exact) mass is 360 g/mol. The van der Waals surface area contributed by atoms with Crippen LogP contribution < -0.4 is 0 Å². The summed E-state index contributed by atoms with van der Waals surface area (Å²) in [5.74, 6) is 0.138. The second kappa shape index (κ2) is 6.82. The lowest BCUT2D eigenvalue weighted by molar-refractivity contribution is 0.0793. The van der Waals surface area contributed by atoms with E-state index in [0.29, 0.717) is 0 Å². The maximum absolute atomic E-state index is 12.4. The van der Waals surface area contributed by atoms with Crippen LogP contribution in [0.3, 0.4) is 0 Å².